The zero-order valence-corrected chi connectivity index (χ0v) is 18.5. The van der Waals surface area contributed by atoms with Gasteiger partial charge < -0.3 is 4.90 Å². The molecule has 0 N–H and O–H groups in total. The van der Waals surface area contributed by atoms with Crippen molar-refractivity contribution in [3.8, 4) is 0 Å². The van der Waals surface area contributed by atoms with Crippen molar-refractivity contribution in [1.29, 1.82) is 0 Å². The number of aryl methyl sites for hydroxylation is 2. The summed E-state index contributed by atoms with van der Waals surface area (Å²) in [6.45, 7) is 7.22. The average Bonchev–Trinajstić information content (AvgIpc) is 2.91. The van der Waals surface area contributed by atoms with Gasteiger partial charge in [0.1, 0.15) is 4.90 Å². The number of fused-ring (bicyclic) bond motifs is 1. The van der Waals surface area contributed by atoms with Gasteiger partial charge in [0.15, 0.2) is 0 Å². The molecule has 0 radical (unpaired) electrons. The average molecular weight is 451 g/mol. The number of rotatable bonds is 3. The van der Waals surface area contributed by atoms with E-state index < -0.39 is 10.0 Å². The fourth-order valence-electron chi connectivity index (χ4n) is 3.69. The molecule has 2 aromatic carbocycles. The van der Waals surface area contributed by atoms with Crippen molar-refractivity contribution in [2.45, 2.75) is 45.1 Å². The number of amides is 1. The van der Waals surface area contributed by atoms with E-state index in [9.17, 15) is 13.2 Å². The monoisotopic (exact) mass is 450 g/mol. The summed E-state index contributed by atoms with van der Waals surface area (Å²) in [6.07, 6.45) is 0.629. The van der Waals surface area contributed by atoms with Crippen LogP contribution in [0.3, 0.4) is 0 Å². The predicted molar refractivity (Wildman–Crippen MR) is 112 cm³/mol. The summed E-state index contributed by atoms with van der Waals surface area (Å²) in [5, 5.41) is 0. The van der Waals surface area contributed by atoms with Crippen LogP contribution in [-0.2, 0) is 21.2 Å². The van der Waals surface area contributed by atoms with Crippen molar-refractivity contribution in [3.63, 3.8) is 0 Å². The Morgan fingerprint density at radius 3 is 2.52 bits per heavy atom. The van der Waals surface area contributed by atoms with E-state index in [1.807, 2.05) is 45.0 Å². The van der Waals surface area contributed by atoms with E-state index in [0.717, 1.165) is 16.7 Å². The number of halogens is 1. The second-order valence-corrected chi connectivity index (χ2v) is 9.97. The van der Waals surface area contributed by atoms with Crippen LogP contribution in [0.15, 0.2) is 39.7 Å². The minimum absolute atomic E-state index is 0.0771. The highest BCUT2D eigenvalue weighted by molar-refractivity contribution is 9.10. The molecule has 1 aliphatic heterocycles. The van der Waals surface area contributed by atoms with Gasteiger partial charge in [0.2, 0.25) is 5.91 Å². The van der Waals surface area contributed by atoms with Crippen molar-refractivity contribution in [3.05, 3.63) is 51.5 Å². The molecule has 7 heteroatoms. The van der Waals surface area contributed by atoms with Crippen LogP contribution >= 0.6 is 15.9 Å². The Morgan fingerprint density at radius 2 is 1.89 bits per heavy atom. The van der Waals surface area contributed by atoms with Gasteiger partial charge in [-0.1, -0.05) is 28.1 Å². The first-order chi connectivity index (χ1) is 12.5. The van der Waals surface area contributed by atoms with Gasteiger partial charge in [-0.05, 0) is 62.1 Å². The molecule has 144 valence electrons. The molecule has 1 atom stereocenters. The van der Waals surface area contributed by atoms with Crippen LogP contribution in [0, 0.1) is 13.8 Å². The number of sulfonamides is 1. The molecule has 0 saturated carbocycles. The van der Waals surface area contributed by atoms with E-state index in [1.54, 1.807) is 18.0 Å². The first-order valence-electron chi connectivity index (χ1n) is 8.72. The van der Waals surface area contributed by atoms with Crippen molar-refractivity contribution in [2.24, 2.45) is 0 Å². The van der Waals surface area contributed by atoms with E-state index in [-0.39, 0.29) is 16.8 Å². The SMILES string of the molecule is CC(=O)N1c2c(cc(Br)cc2S(=O)(=O)N(C)c2cc(C)ccc2C)C[C@@H]1C. The molecule has 27 heavy (non-hydrogen) atoms. The van der Waals surface area contributed by atoms with Crippen molar-refractivity contribution in [2.75, 3.05) is 16.3 Å². The third kappa shape index (κ3) is 3.38. The molecule has 2 aromatic rings. The van der Waals surface area contributed by atoms with Crippen molar-refractivity contribution in [1.82, 2.24) is 0 Å². The summed E-state index contributed by atoms with van der Waals surface area (Å²) in [4.78, 5) is 14.0. The molecule has 0 saturated heterocycles. The molecule has 0 aromatic heterocycles. The first-order valence-corrected chi connectivity index (χ1v) is 11.0. The Bertz CT molecular complexity index is 1030. The maximum Gasteiger partial charge on any atom is 0.266 e. The van der Waals surface area contributed by atoms with Crippen molar-refractivity contribution >= 4 is 43.2 Å². The molecule has 1 amide bonds. The van der Waals surface area contributed by atoms with Crippen LogP contribution in [-0.4, -0.2) is 27.4 Å². The molecule has 1 heterocycles. The van der Waals surface area contributed by atoms with Gasteiger partial charge in [-0.2, -0.15) is 0 Å². The van der Waals surface area contributed by atoms with E-state index in [0.29, 0.717) is 22.3 Å². The molecule has 0 fully saturated rings. The smallest absolute Gasteiger partial charge is 0.266 e. The van der Waals surface area contributed by atoms with Crippen LogP contribution in [0.25, 0.3) is 0 Å². The Balaban J connectivity index is 2.22. The van der Waals surface area contributed by atoms with Gasteiger partial charge in [-0.15, -0.1) is 0 Å². The summed E-state index contributed by atoms with van der Waals surface area (Å²) >= 11 is 3.43. The van der Waals surface area contributed by atoms with Crippen LogP contribution in [0.4, 0.5) is 11.4 Å². The summed E-state index contributed by atoms with van der Waals surface area (Å²) in [5.74, 6) is -0.158. The fraction of sp³-hybridized carbons (Fsp3) is 0.350. The predicted octanol–water partition coefficient (Wildman–Crippen LogP) is 4.19. The van der Waals surface area contributed by atoms with Gasteiger partial charge in [0.25, 0.3) is 10.0 Å². The Hall–Kier alpha value is -1.86. The lowest BCUT2D eigenvalue weighted by molar-refractivity contribution is -0.116. The highest BCUT2D eigenvalue weighted by atomic mass is 79.9. The molecule has 1 aliphatic rings. The van der Waals surface area contributed by atoms with E-state index in [2.05, 4.69) is 15.9 Å². The zero-order chi connectivity index (χ0) is 20.1. The normalized spacial score (nSPS) is 16.4. The van der Waals surface area contributed by atoms with Crippen LogP contribution in [0.1, 0.15) is 30.5 Å². The molecule has 5 nitrogen and oxygen atoms in total. The number of carbonyl (C=O) groups excluding carboxylic acids is 1. The number of nitrogens with zero attached hydrogens (tertiary/aromatic N) is 2. The summed E-state index contributed by atoms with van der Waals surface area (Å²) in [5.41, 5.74) is 3.84. The lowest BCUT2D eigenvalue weighted by Gasteiger charge is -2.27. The standard InChI is InChI=1S/C20H23BrN2O3S/c1-12-6-7-13(2)18(8-12)22(5)27(25,26)19-11-17(21)10-16-9-14(3)23(15(4)24)20(16)19/h6-8,10-11,14H,9H2,1-5H3/t14-/m0/s1. The highest BCUT2D eigenvalue weighted by Gasteiger charge is 2.37. The Kier molecular flexibility index (Phi) is 5.12. The van der Waals surface area contributed by atoms with E-state index in [4.69, 9.17) is 0 Å². The largest absolute Gasteiger partial charge is 0.308 e. The van der Waals surface area contributed by atoms with Gasteiger partial charge in [0.05, 0.1) is 11.4 Å². The third-order valence-corrected chi connectivity index (χ3v) is 7.24. The van der Waals surface area contributed by atoms with Gasteiger partial charge in [-0.25, -0.2) is 8.42 Å². The Labute approximate surface area is 169 Å². The minimum Gasteiger partial charge on any atom is -0.308 e. The van der Waals surface area contributed by atoms with Gasteiger partial charge in [-0.3, -0.25) is 9.10 Å². The topological polar surface area (TPSA) is 57.7 Å². The van der Waals surface area contributed by atoms with Gasteiger partial charge >= 0.3 is 0 Å². The lowest BCUT2D eigenvalue weighted by Crippen LogP contribution is -2.36. The summed E-state index contributed by atoms with van der Waals surface area (Å²) < 4.78 is 29.1. The molecule has 0 spiro atoms. The lowest BCUT2D eigenvalue weighted by atomic mass is 10.1. The molecule has 3 rings (SSSR count). The highest BCUT2D eigenvalue weighted by Crippen LogP contribution is 2.41. The van der Waals surface area contributed by atoms with Gasteiger partial charge in [0, 0.05) is 24.5 Å². The minimum atomic E-state index is -3.86. The molecule has 0 unspecified atom stereocenters. The molecular formula is C20H23BrN2O3S. The maximum absolute atomic E-state index is 13.6. The quantitative estimate of drug-likeness (QED) is 0.704. The second kappa shape index (κ2) is 6.95. The third-order valence-electron chi connectivity index (χ3n) is 5.00. The zero-order valence-electron chi connectivity index (χ0n) is 16.1. The summed E-state index contributed by atoms with van der Waals surface area (Å²) in [6, 6.07) is 9.12. The first kappa shape index (κ1) is 19.9. The number of carbonyl (C=O) groups is 1. The van der Waals surface area contributed by atoms with Crippen LogP contribution < -0.4 is 9.21 Å². The van der Waals surface area contributed by atoms with Crippen LogP contribution in [0.5, 0.6) is 0 Å². The molecular weight excluding hydrogens is 428 g/mol. The second-order valence-electron chi connectivity index (χ2n) is 7.12. The van der Waals surface area contributed by atoms with E-state index >= 15 is 0 Å². The number of benzene rings is 2. The number of hydrogen-bond acceptors (Lipinski definition) is 3. The van der Waals surface area contributed by atoms with Crippen molar-refractivity contribution < 1.29 is 13.2 Å². The van der Waals surface area contributed by atoms with E-state index in [1.165, 1.54) is 11.2 Å². The fourth-order valence-corrected chi connectivity index (χ4v) is 5.84. The number of hydrogen-bond donors (Lipinski definition) is 0. The van der Waals surface area contributed by atoms with Crippen LogP contribution in [0.2, 0.25) is 0 Å². The maximum atomic E-state index is 13.6. The number of anilines is 2. The molecule has 0 bridgehead atoms. The molecule has 0 aliphatic carbocycles. The summed E-state index contributed by atoms with van der Waals surface area (Å²) in [7, 11) is -2.30. The Morgan fingerprint density at radius 1 is 1.22 bits per heavy atom.